The molecule has 0 unspecified atom stereocenters. The van der Waals surface area contributed by atoms with Crippen LogP contribution in [0, 0.1) is 6.92 Å². The third-order valence-corrected chi connectivity index (χ3v) is 3.60. The number of morpholine rings is 1. The minimum Gasteiger partial charge on any atom is -0.379 e. The number of carbonyl (C=O) groups is 1. The molecule has 0 bridgehead atoms. The predicted molar refractivity (Wildman–Crippen MR) is 80.3 cm³/mol. The van der Waals surface area contributed by atoms with E-state index in [0.29, 0.717) is 12.1 Å². The second-order valence-electron chi connectivity index (χ2n) is 5.28. The summed E-state index contributed by atoms with van der Waals surface area (Å²) in [5.41, 5.74) is 0.540. The Morgan fingerprint density at radius 3 is 2.90 bits per heavy atom. The number of rotatable bonds is 6. The molecule has 1 aliphatic heterocycles. The third kappa shape index (κ3) is 4.99. The maximum Gasteiger partial charge on any atom is 0.253 e. The number of hydrogen-bond donors (Lipinski definition) is 1. The number of aryl methyl sites for hydroxylation is 1. The SMILES string of the molecule is Cc1cccn(CC(=O)NCCCN2CCOCC2)c1=O. The molecule has 1 amide bonds. The molecule has 6 heteroatoms. The van der Waals surface area contributed by atoms with Gasteiger partial charge in [0.1, 0.15) is 6.54 Å². The van der Waals surface area contributed by atoms with Gasteiger partial charge in [0, 0.05) is 31.4 Å². The summed E-state index contributed by atoms with van der Waals surface area (Å²) in [5, 5.41) is 2.86. The van der Waals surface area contributed by atoms with Crippen molar-refractivity contribution in [3.05, 3.63) is 34.2 Å². The van der Waals surface area contributed by atoms with Crippen molar-refractivity contribution in [2.24, 2.45) is 0 Å². The molecule has 2 rings (SSSR count). The van der Waals surface area contributed by atoms with E-state index in [-0.39, 0.29) is 18.0 Å². The molecular weight excluding hydrogens is 270 g/mol. The lowest BCUT2D eigenvalue weighted by molar-refractivity contribution is -0.121. The van der Waals surface area contributed by atoms with Gasteiger partial charge in [0.15, 0.2) is 0 Å². The van der Waals surface area contributed by atoms with E-state index in [2.05, 4.69) is 10.2 Å². The number of nitrogens with one attached hydrogen (secondary N) is 1. The van der Waals surface area contributed by atoms with Crippen LogP contribution in [0.3, 0.4) is 0 Å². The molecule has 1 aliphatic rings. The minimum atomic E-state index is -0.121. The van der Waals surface area contributed by atoms with Crippen molar-refractivity contribution in [1.82, 2.24) is 14.8 Å². The van der Waals surface area contributed by atoms with Gasteiger partial charge in [0.05, 0.1) is 13.2 Å². The van der Waals surface area contributed by atoms with Crippen LogP contribution in [0.25, 0.3) is 0 Å². The highest BCUT2D eigenvalue weighted by molar-refractivity contribution is 5.75. The van der Waals surface area contributed by atoms with E-state index in [1.54, 1.807) is 25.3 Å². The number of hydrogen-bond acceptors (Lipinski definition) is 4. The highest BCUT2D eigenvalue weighted by Gasteiger charge is 2.10. The van der Waals surface area contributed by atoms with Crippen LogP contribution >= 0.6 is 0 Å². The van der Waals surface area contributed by atoms with Crippen LogP contribution in [-0.2, 0) is 16.1 Å². The first kappa shape index (κ1) is 15.7. The monoisotopic (exact) mass is 293 g/mol. The lowest BCUT2D eigenvalue weighted by atomic mass is 10.3. The van der Waals surface area contributed by atoms with Gasteiger partial charge >= 0.3 is 0 Å². The van der Waals surface area contributed by atoms with E-state index in [1.807, 2.05) is 0 Å². The van der Waals surface area contributed by atoms with Crippen LogP contribution in [0.4, 0.5) is 0 Å². The van der Waals surface area contributed by atoms with E-state index in [0.717, 1.165) is 39.3 Å². The summed E-state index contributed by atoms with van der Waals surface area (Å²) >= 11 is 0. The van der Waals surface area contributed by atoms with Crippen LogP contribution in [-0.4, -0.2) is 54.8 Å². The van der Waals surface area contributed by atoms with Gasteiger partial charge in [0.25, 0.3) is 5.56 Å². The zero-order valence-electron chi connectivity index (χ0n) is 12.5. The summed E-state index contributed by atoms with van der Waals surface area (Å²) in [7, 11) is 0. The van der Waals surface area contributed by atoms with Gasteiger partial charge in [-0.05, 0) is 26.0 Å². The van der Waals surface area contributed by atoms with Crippen molar-refractivity contribution in [2.75, 3.05) is 39.4 Å². The Labute approximate surface area is 124 Å². The summed E-state index contributed by atoms with van der Waals surface area (Å²) < 4.78 is 6.72. The molecule has 6 nitrogen and oxygen atoms in total. The fourth-order valence-electron chi connectivity index (χ4n) is 2.35. The molecule has 0 saturated carbocycles. The zero-order valence-corrected chi connectivity index (χ0v) is 12.5. The lowest BCUT2D eigenvalue weighted by Crippen LogP contribution is -2.38. The first-order chi connectivity index (χ1) is 10.2. The van der Waals surface area contributed by atoms with E-state index < -0.39 is 0 Å². The fourth-order valence-corrected chi connectivity index (χ4v) is 2.35. The maximum absolute atomic E-state index is 11.8. The molecule has 1 saturated heterocycles. The Bertz CT molecular complexity index is 521. The first-order valence-corrected chi connectivity index (χ1v) is 7.39. The summed E-state index contributed by atoms with van der Waals surface area (Å²) in [6, 6.07) is 3.53. The Morgan fingerprint density at radius 2 is 2.14 bits per heavy atom. The molecule has 0 aromatic carbocycles. The Kier molecular flexibility index (Phi) is 5.95. The van der Waals surface area contributed by atoms with Gasteiger partial charge in [-0.15, -0.1) is 0 Å². The average molecular weight is 293 g/mol. The lowest BCUT2D eigenvalue weighted by Gasteiger charge is -2.26. The van der Waals surface area contributed by atoms with Crippen LogP contribution in [0.2, 0.25) is 0 Å². The third-order valence-electron chi connectivity index (χ3n) is 3.60. The Balaban J connectivity index is 1.67. The van der Waals surface area contributed by atoms with Gasteiger partial charge in [-0.2, -0.15) is 0 Å². The number of ether oxygens (including phenoxy) is 1. The molecular formula is C15H23N3O3. The molecule has 1 aromatic heterocycles. The van der Waals surface area contributed by atoms with E-state index in [9.17, 15) is 9.59 Å². The van der Waals surface area contributed by atoms with Crippen molar-refractivity contribution in [2.45, 2.75) is 19.9 Å². The van der Waals surface area contributed by atoms with E-state index in [1.165, 1.54) is 4.57 Å². The number of pyridine rings is 1. The molecule has 21 heavy (non-hydrogen) atoms. The van der Waals surface area contributed by atoms with E-state index >= 15 is 0 Å². The zero-order chi connectivity index (χ0) is 15.1. The van der Waals surface area contributed by atoms with Crippen LogP contribution in [0.5, 0.6) is 0 Å². The topological polar surface area (TPSA) is 63.6 Å². The highest BCUT2D eigenvalue weighted by Crippen LogP contribution is 1.97. The number of aromatic nitrogens is 1. The Hall–Kier alpha value is -1.66. The highest BCUT2D eigenvalue weighted by atomic mass is 16.5. The largest absolute Gasteiger partial charge is 0.379 e. The number of nitrogens with zero attached hydrogens (tertiary/aromatic N) is 2. The van der Waals surface area contributed by atoms with Crippen molar-refractivity contribution in [1.29, 1.82) is 0 Å². The van der Waals surface area contributed by atoms with Crippen molar-refractivity contribution < 1.29 is 9.53 Å². The molecule has 116 valence electrons. The molecule has 0 aliphatic carbocycles. The van der Waals surface area contributed by atoms with Gasteiger partial charge in [-0.1, -0.05) is 6.07 Å². The smallest absolute Gasteiger partial charge is 0.253 e. The van der Waals surface area contributed by atoms with Crippen molar-refractivity contribution in [3.8, 4) is 0 Å². The Morgan fingerprint density at radius 1 is 1.38 bits per heavy atom. The molecule has 0 spiro atoms. The van der Waals surface area contributed by atoms with Gasteiger partial charge in [-0.3, -0.25) is 14.5 Å². The second kappa shape index (κ2) is 7.95. The quantitative estimate of drug-likeness (QED) is 0.750. The normalized spacial score (nSPS) is 15.9. The molecule has 0 radical (unpaired) electrons. The van der Waals surface area contributed by atoms with Gasteiger partial charge in [-0.25, -0.2) is 0 Å². The van der Waals surface area contributed by atoms with Crippen LogP contribution < -0.4 is 10.9 Å². The van der Waals surface area contributed by atoms with Gasteiger partial charge in [0.2, 0.25) is 5.91 Å². The fraction of sp³-hybridized carbons (Fsp3) is 0.600. The molecule has 1 N–H and O–H groups in total. The van der Waals surface area contributed by atoms with Crippen molar-refractivity contribution >= 4 is 5.91 Å². The summed E-state index contributed by atoms with van der Waals surface area (Å²) in [4.78, 5) is 26.0. The summed E-state index contributed by atoms with van der Waals surface area (Å²) in [6.07, 6.45) is 2.55. The van der Waals surface area contributed by atoms with Crippen LogP contribution in [0.1, 0.15) is 12.0 Å². The van der Waals surface area contributed by atoms with Gasteiger partial charge < -0.3 is 14.6 Å². The summed E-state index contributed by atoms with van der Waals surface area (Å²) in [5.74, 6) is -0.121. The predicted octanol–water partition coefficient (Wildman–Crippen LogP) is -0.00478. The molecule has 0 atom stereocenters. The van der Waals surface area contributed by atoms with E-state index in [4.69, 9.17) is 4.74 Å². The summed E-state index contributed by atoms with van der Waals surface area (Å²) in [6.45, 7) is 6.95. The van der Waals surface area contributed by atoms with Crippen molar-refractivity contribution in [3.63, 3.8) is 0 Å². The number of amides is 1. The maximum atomic E-state index is 11.8. The second-order valence-corrected chi connectivity index (χ2v) is 5.28. The molecule has 2 heterocycles. The minimum absolute atomic E-state index is 0.0814. The first-order valence-electron chi connectivity index (χ1n) is 7.39. The average Bonchev–Trinajstić information content (AvgIpc) is 2.49. The molecule has 1 fully saturated rings. The number of carbonyl (C=O) groups excluding carboxylic acids is 1. The standard InChI is InChI=1S/C15H23N3O3/c1-13-4-2-7-18(15(13)20)12-14(19)16-5-3-6-17-8-10-21-11-9-17/h2,4,7H,3,5-6,8-12H2,1H3,(H,16,19). The molecule has 1 aromatic rings. The van der Waals surface area contributed by atoms with Crippen LogP contribution in [0.15, 0.2) is 23.1 Å².